The number of nitrogens with zero attached hydrogens (tertiary/aromatic N) is 5. The molecule has 0 N–H and O–H groups in total. The molecule has 1 fully saturated rings. The molecular formula is C18H25N5O2. The van der Waals surface area contributed by atoms with Crippen molar-refractivity contribution < 1.29 is 9.59 Å². The number of benzene rings is 1. The quantitative estimate of drug-likeness (QED) is 0.818. The van der Waals surface area contributed by atoms with Gasteiger partial charge in [0.1, 0.15) is 6.04 Å². The van der Waals surface area contributed by atoms with Gasteiger partial charge in [0.2, 0.25) is 11.8 Å². The minimum absolute atomic E-state index is 0.00730. The highest BCUT2D eigenvalue weighted by atomic mass is 16.2. The third-order valence-corrected chi connectivity index (χ3v) is 4.72. The van der Waals surface area contributed by atoms with Crippen LogP contribution in [0.3, 0.4) is 0 Å². The van der Waals surface area contributed by atoms with Crippen LogP contribution < -0.4 is 0 Å². The van der Waals surface area contributed by atoms with Crippen molar-refractivity contribution >= 4 is 22.7 Å². The van der Waals surface area contributed by atoms with Crippen LogP contribution in [-0.4, -0.2) is 83.1 Å². The summed E-state index contributed by atoms with van der Waals surface area (Å²) in [6.07, 6.45) is 2.15. The molecule has 0 saturated carbocycles. The Hall–Kier alpha value is -2.41. The molecule has 0 spiro atoms. The first kappa shape index (κ1) is 17.4. The molecule has 2 aromatic rings. The number of aryl methyl sites for hydroxylation is 1. The summed E-state index contributed by atoms with van der Waals surface area (Å²) in [5.74, 6) is -0.0164. The van der Waals surface area contributed by atoms with Crippen molar-refractivity contribution in [3.63, 3.8) is 0 Å². The van der Waals surface area contributed by atoms with Crippen molar-refractivity contribution in [1.82, 2.24) is 24.5 Å². The summed E-state index contributed by atoms with van der Waals surface area (Å²) in [4.78, 5) is 30.6. The zero-order chi connectivity index (χ0) is 18.0. The summed E-state index contributed by atoms with van der Waals surface area (Å²) in [5, 5.41) is 5.43. The lowest BCUT2D eigenvalue weighted by Crippen LogP contribution is -2.59. The molecule has 0 radical (unpaired) electrons. The van der Waals surface area contributed by atoms with Crippen LogP contribution in [0.15, 0.2) is 30.5 Å². The first-order valence-corrected chi connectivity index (χ1v) is 8.57. The summed E-state index contributed by atoms with van der Waals surface area (Å²) < 4.78 is 1.85. The molecule has 0 aliphatic carbocycles. The first-order chi connectivity index (χ1) is 12.0. The highest BCUT2D eigenvalue weighted by Crippen LogP contribution is 2.15. The van der Waals surface area contributed by atoms with E-state index in [0.29, 0.717) is 26.1 Å². The van der Waals surface area contributed by atoms with Crippen molar-refractivity contribution in [1.29, 1.82) is 0 Å². The standard InChI is InChI=1S/C18H25N5O2/c1-20(2)18(25)16-13-21(3)10-11-22(16)17(24)8-9-23-15-7-5-4-6-14(15)12-19-23/h4-7,12,16H,8-11,13H2,1-3H3. The van der Waals surface area contributed by atoms with Gasteiger partial charge in [-0.05, 0) is 13.1 Å². The highest BCUT2D eigenvalue weighted by Gasteiger charge is 2.34. The second kappa shape index (κ2) is 7.23. The molecule has 1 aromatic heterocycles. The summed E-state index contributed by atoms with van der Waals surface area (Å²) in [6, 6.07) is 7.54. The molecule has 0 bridgehead atoms. The monoisotopic (exact) mass is 343 g/mol. The number of hydrogen-bond acceptors (Lipinski definition) is 4. The van der Waals surface area contributed by atoms with Crippen molar-refractivity contribution in [3.05, 3.63) is 30.5 Å². The topological polar surface area (TPSA) is 61.7 Å². The molecule has 7 heteroatoms. The Morgan fingerprint density at radius 2 is 2.00 bits per heavy atom. The molecule has 7 nitrogen and oxygen atoms in total. The Kier molecular flexibility index (Phi) is 5.03. The van der Waals surface area contributed by atoms with Crippen molar-refractivity contribution in [2.24, 2.45) is 0 Å². The van der Waals surface area contributed by atoms with E-state index in [2.05, 4.69) is 10.00 Å². The number of amides is 2. The van der Waals surface area contributed by atoms with Gasteiger partial charge in [0.15, 0.2) is 0 Å². The molecule has 2 heterocycles. The number of para-hydroxylation sites is 1. The van der Waals surface area contributed by atoms with Gasteiger partial charge in [0.05, 0.1) is 18.3 Å². The molecule has 1 unspecified atom stereocenters. The molecule has 3 rings (SSSR count). The number of likely N-dealkylation sites (N-methyl/N-ethyl adjacent to an activating group) is 2. The maximum Gasteiger partial charge on any atom is 0.246 e. The van der Waals surface area contributed by atoms with Crippen LogP contribution in [0.2, 0.25) is 0 Å². The third kappa shape index (κ3) is 3.66. The number of rotatable bonds is 4. The fraction of sp³-hybridized carbons (Fsp3) is 0.500. The van der Waals surface area contributed by atoms with E-state index in [0.717, 1.165) is 17.4 Å². The van der Waals surface area contributed by atoms with Gasteiger partial charge in [-0.25, -0.2) is 0 Å². The largest absolute Gasteiger partial charge is 0.347 e. The summed E-state index contributed by atoms with van der Waals surface area (Å²) in [7, 11) is 5.44. The molecule has 134 valence electrons. The van der Waals surface area contributed by atoms with Gasteiger partial charge in [-0.2, -0.15) is 5.10 Å². The fourth-order valence-corrected chi connectivity index (χ4v) is 3.28. The van der Waals surface area contributed by atoms with Crippen molar-refractivity contribution in [2.75, 3.05) is 40.8 Å². The first-order valence-electron chi connectivity index (χ1n) is 8.57. The molecule has 1 aliphatic rings. The van der Waals surface area contributed by atoms with Crippen molar-refractivity contribution in [2.45, 2.75) is 19.0 Å². The van der Waals surface area contributed by atoms with Crippen LogP contribution in [0.25, 0.3) is 10.9 Å². The average molecular weight is 343 g/mol. The summed E-state index contributed by atoms with van der Waals surface area (Å²) in [6.45, 7) is 2.46. The Morgan fingerprint density at radius 1 is 1.24 bits per heavy atom. The van der Waals surface area contributed by atoms with Gasteiger partial charge in [-0.15, -0.1) is 0 Å². The lowest BCUT2D eigenvalue weighted by molar-refractivity contribution is -0.147. The van der Waals surface area contributed by atoms with Gasteiger partial charge < -0.3 is 14.7 Å². The number of carbonyl (C=O) groups excluding carboxylic acids is 2. The number of fused-ring (bicyclic) bond motifs is 1. The van der Waals surface area contributed by atoms with Crippen LogP contribution in [0.4, 0.5) is 0 Å². The molecule has 1 aliphatic heterocycles. The molecule has 25 heavy (non-hydrogen) atoms. The Morgan fingerprint density at radius 3 is 2.76 bits per heavy atom. The van der Waals surface area contributed by atoms with E-state index in [1.807, 2.05) is 42.2 Å². The van der Waals surface area contributed by atoms with E-state index in [1.54, 1.807) is 23.9 Å². The molecule has 1 aromatic carbocycles. The molecular weight excluding hydrogens is 318 g/mol. The fourth-order valence-electron chi connectivity index (χ4n) is 3.28. The maximum atomic E-state index is 12.8. The summed E-state index contributed by atoms with van der Waals surface area (Å²) in [5.41, 5.74) is 1.02. The van der Waals surface area contributed by atoms with Gasteiger partial charge >= 0.3 is 0 Å². The van der Waals surface area contributed by atoms with E-state index in [-0.39, 0.29) is 11.8 Å². The third-order valence-electron chi connectivity index (χ3n) is 4.72. The van der Waals surface area contributed by atoms with Crippen LogP contribution in [-0.2, 0) is 16.1 Å². The number of carbonyl (C=O) groups is 2. The van der Waals surface area contributed by atoms with Crippen molar-refractivity contribution in [3.8, 4) is 0 Å². The van der Waals surface area contributed by atoms with E-state index in [9.17, 15) is 9.59 Å². The minimum Gasteiger partial charge on any atom is -0.347 e. The number of hydrogen-bond donors (Lipinski definition) is 0. The minimum atomic E-state index is -0.407. The van der Waals surface area contributed by atoms with Crippen LogP contribution in [0.1, 0.15) is 6.42 Å². The van der Waals surface area contributed by atoms with Gasteiger partial charge in [-0.1, -0.05) is 18.2 Å². The van der Waals surface area contributed by atoms with Gasteiger partial charge in [0.25, 0.3) is 0 Å². The molecule has 1 saturated heterocycles. The number of piperazine rings is 1. The van der Waals surface area contributed by atoms with Gasteiger partial charge in [0, 0.05) is 45.5 Å². The van der Waals surface area contributed by atoms with E-state index in [1.165, 1.54) is 0 Å². The van der Waals surface area contributed by atoms with Crippen LogP contribution in [0.5, 0.6) is 0 Å². The van der Waals surface area contributed by atoms with E-state index in [4.69, 9.17) is 0 Å². The predicted octanol–water partition coefficient (Wildman–Crippen LogP) is 0.657. The lowest BCUT2D eigenvalue weighted by Gasteiger charge is -2.40. The average Bonchev–Trinajstić information content (AvgIpc) is 3.02. The van der Waals surface area contributed by atoms with Crippen LogP contribution in [0, 0.1) is 0 Å². The number of aromatic nitrogens is 2. The van der Waals surface area contributed by atoms with Gasteiger partial charge in [-0.3, -0.25) is 14.3 Å². The Balaban J connectivity index is 1.69. The zero-order valence-electron chi connectivity index (χ0n) is 15.1. The SMILES string of the molecule is CN1CCN(C(=O)CCn2ncc3ccccc32)C(C(=O)N(C)C)C1. The van der Waals surface area contributed by atoms with E-state index < -0.39 is 6.04 Å². The molecule has 2 amide bonds. The van der Waals surface area contributed by atoms with Crippen LogP contribution >= 0.6 is 0 Å². The highest BCUT2D eigenvalue weighted by molar-refractivity contribution is 5.88. The normalized spacial score (nSPS) is 18.5. The Bertz CT molecular complexity index is 770. The Labute approximate surface area is 147 Å². The maximum absolute atomic E-state index is 12.8. The summed E-state index contributed by atoms with van der Waals surface area (Å²) >= 11 is 0. The zero-order valence-corrected chi connectivity index (χ0v) is 15.1. The van der Waals surface area contributed by atoms with E-state index >= 15 is 0 Å². The second-order valence-electron chi connectivity index (χ2n) is 6.77. The molecule has 1 atom stereocenters. The second-order valence-corrected chi connectivity index (χ2v) is 6.77. The smallest absolute Gasteiger partial charge is 0.246 e. The lowest BCUT2D eigenvalue weighted by atomic mass is 10.1. The predicted molar refractivity (Wildman–Crippen MR) is 96.0 cm³/mol.